The van der Waals surface area contributed by atoms with Gasteiger partial charge in [0.25, 0.3) is 0 Å². The van der Waals surface area contributed by atoms with E-state index in [0.29, 0.717) is 48.6 Å². The molecule has 0 aliphatic carbocycles. The molecule has 0 spiro atoms. The van der Waals surface area contributed by atoms with Crippen molar-refractivity contribution in [1.29, 1.82) is 0 Å². The number of unbranched alkanes of at least 4 members (excludes halogenated alkanes) is 2. The van der Waals surface area contributed by atoms with Crippen molar-refractivity contribution in [1.82, 2.24) is 4.98 Å². The van der Waals surface area contributed by atoms with Crippen LogP contribution in [0.2, 0.25) is 0 Å². The summed E-state index contributed by atoms with van der Waals surface area (Å²) in [5.74, 6) is -1.55. The summed E-state index contributed by atoms with van der Waals surface area (Å²) < 4.78 is 12.7. The summed E-state index contributed by atoms with van der Waals surface area (Å²) in [7, 11) is 0. The number of carboxylic acids is 2. The third-order valence-electron chi connectivity index (χ3n) is 6.78. The zero-order valence-electron chi connectivity index (χ0n) is 23.0. The first kappa shape index (κ1) is 31.2. The van der Waals surface area contributed by atoms with Crippen LogP contribution in [0.4, 0.5) is 5.69 Å². The van der Waals surface area contributed by atoms with Gasteiger partial charge in [-0.15, -0.1) is 11.8 Å². The summed E-state index contributed by atoms with van der Waals surface area (Å²) in [6, 6.07) is 17.9. The van der Waals surface area contributed by atoms with Gasteiger partial charge in [-0.2, -0.15) is 0 Å². The Kier molecular flexibility index (Phi) is 11.5. The first-order valence-corrected chi connectivity index (χ1v) is 14.7. The smallest absolute Gasteiger partial charge is 0.338 e. The van der Waals surface area contributed by atoms with Gasteiger partial charge in [-0.05, 0) is 48.2 Å². The molecule has 0 bridgehead atoms. The first-order chi connectivity index (χ1) is 20.3. The number of nitrogens with one attached hydrogen (secondary N) is 1. The highest BCUT2D eigenvalue weighted by Crippen LogP contribution is 2.39. The molecule has 1 fully saturated rings. The number of amides is 1. The van der Waals surface area contributed by atoms with Crippen molar-refractivity contribution >= 4 is 35.3 Å². The van der Waals surface area contributed by atoms with Gasteiger partial charge < -0.3 is 30.1 Å². The molecule has 1 aliphatic rings. The second kappa shape index (κ2) is 15.5. The second-order valence-corrected chi connectivity index (χ2v) is 11.0. The van der Waals surface area contributed by atoms with Crippen LogP contribution in [0.1, 0.15) is 78.0 Å². The zero-order valence-corrected chi connectivity index (χ0v) is 23.8. The summed E-state index contributed by atoms with van der Waals surface area (Å²) >= 11 is 1.32. The van der Waals surface area contributed by atoms with Gasteiger partial charge in [0.1, 0.15) is 5.03 Å². The SMILES string of the molecule is O=C(O)CCCCCC(=O)Nc1ccc([C@@H]2O[C@H](CSc3ncccc3C(=O)O)C[C@H](c3ccc(CO)cc3)O2)cc1. The molecule has 3 aromatic rings. The molecule has 11 heteroatoms. The molecule has 4 N–H and O–H groups in total. The second-order valence-electron chi connectivity index (χ2n) is 9.95. The van der Waals surface area contributed by atoms with Gasteiger partial charge in [0, 0.05) is 42.5 Å². The number of aliphatic hydroxyl groups excluding tert-OH is 1. The molecular formula is C31H34N2O8S. The highest BCUT2D eigenvalue weighted by Gasteiger charge is 2.32. The molecule has 1 saturated heterocycles. The Morgan fingerprint density at radius 1 is 0.905 bits per heavy atom. The number of aliphatic hydroxyl groups is 1. The molecule has 0 saturated carbocycles. The van der Waals surface area contributed by atoms with E-state index < -0.39 is 18.2 Å². The van der Waals surface area contributed by atoms with Crippen molar-refractivity contribution in [2.24, 2.45) is 0 Å². The molecule has 0 radical (unpaired) electrons. The van der Waals surface area contributed by atoms with Crippen LogP contribution in [-0.2, 0) is 25.7 Å². The van der Waals surface area contributed by atoms with E-state index in [-0.39, 0.29) is 36.7 Å². The quantitative estimate of drug-likeness (QED) is 0.137. The molecule has 10 nitrogen and oxygen atoms in total. The Morgan fingerprint density at radius 3 is 2.31 bits per heavy atom. The van der Waals surface area contributed by atoms with Crippen molar-refractivity contribution in [3.63, 3.8) is 0 Å². The summed E-state index contributed by atoms with van der Waals surface area (Å²) in [6.45, 7) is -0.0552. The van der Waals surface area contributed by atoms with Crippen LogP contribution in [0.25, 0.3) is 0 Å². The van der Waals surface area contributed by atoms with E-state index in [1.54, 1.807) is 24.4 Å². The van der Waals surface area contributed by atoms with E-state index in [1.165, 1.54) is 17.8 Å². The van der Waals surface area contributed by atoms with Gasteiger partial charge in [0.05, 0.1) is 24.4 Å². The number of hydrogen-bond donors (Lipinski definition) is 4. The number of pyridine rings is 1. The molecule has 3 atom stereocenters. The minimum atomic E-state index is -1.04. The van der Waals surface area contributed by atoms with E-state index >= 15 is 0 Å². The molecule has 222 valence electrons. The van der Waals surface area contributed by atoms with Crippen molar-refractivity contribution in [3.8, 4) is 0 Å². The predicted octanol–water partition coefficient (Wildman–Crippen LogP) is 5.58. The number of thioether (sulfide) groups is 1. The van der Waals surface area contributed by atoms with E-state index in [0.717, 1.165) is 16.7 Å². The van der Waals surface area contributed by atoms with Crippen LogP contribution < -0.4 is 5.32 Å². The molecule has 1 aromatic heterocycles. The van der Waals surface area contributed by atoms with E-state index in [9.17, 15) is 24.6 Å². The number of aliphatic carboxylic acids is 1. The normalized spacial score (nSPS) is 18.4. The van der Waals surface area contributed by atoms with Crippen LogP contribution in [0.15, 0.2) is 71.9 Å². The van der Waals surface area contributed by atoms with Crippen molar-refractivity contribution in [3.05, 3.63) is 89.1 Å². The number of benzene rings is 2. The fourth-order valence-corrected chi connectivity index (χ4v) is 5.55. The fourth-order valence-electron chi connectivity index (χ4n) is 4.55. The van der Waals surface area contributed by atoms with E-state index in [2.05, 4.69) is 10.3 Å². The highest BCUT2D eigenvalue weighted by molar-refractivity contribution is 7.99. The summed E-state index contributed by atoms with van der Waals surface area (Å²) in [4.78, 5) is 38.8. The lowest BCUT2D eigenvalue weighted by Gasteiger charge is -2.36. The number of ether oxygens (including phenoxy) is 2. The Morgan fingerprint density at radius 2 is 1.62 bits per heavy atom. The third-order valence-corrected chi connectivity index (χ3v) is 7.92. The van der Waals surface area contributed by atoms with Crippen LogP contribution in [0, 0.1) is 0 Å². The Labute approximate surface area is 248 Å². The molecule has 2 aromatic carbocycles. The lowest BCUT2D eigenvalue weighted by Crippen LogP contribution is -2.31. The van der Waals surface area contributed by atoms with Gasteiger partial charge >= 0.3 is 11.9 Å². The maximum Gasteiger partial charge on any atom is 0.338 e. The first-order valence-electron chi connectivity index (χ1n) is 13.8. The monoisotopic (exact) mass is 594 g/mol. The fraction of sp³-hybridized carbons (Fsp3) is 0.355. The van der Waals surface area contributed by atoms with Gasteiger partial charge in [0.15, 0.2) is 6.29 Å². The average molecular weight is 595 g/mol. The Balaban J connectivity index is 1.42. The van der Waals surface area contributed by atoms with Crippen molar-refractivity contribution < 1.29 is 39.2 Å². The molecule has 42 heavy (non-hydrogen) atoms. The zero-order chi connectivity index (χ0) is 29.9. The molecule has 2 heterocycles. The Bertz CT molecular complexity index is 1350. The summed E-state index contributed by atoms with van der Waals surface area (Å²) in [5.41, 5.74) is 3.26. The van der Waals surface area contributed by atoms with E-state index in [4.69, 9.17) is 14.6 Å². The number of carbonyl (C=O) groups is 3. The number of aromatic nitrogens is 1. The van der Waals surface area contributed by atoms with Crippen LogP contribution in [0.5, 0.6) is 0 Å². The third kappa shape index (κ3) is 9.12. The van der Waals surface area contributed by atoms with Gasteiger partial charge in [0.2, 0.25) is 5.91 Å². The summed E-state index contributed by atoms with van der Waals surface area (Å²) in [5, 5.41) is 30.9. The van der Waals surface area contributed by atoms with Gasteiger partial charge in [-0.1, -0.05) is 42.8 Å². The number of carboxylic acid groups (broad SMARTS) is 2. The molecule has 0 unspecified atom stereocenters. The number of anilines is 1. The van der Waals surface area contributed by atoms with Crippen molar-refractivity contribution in [2.45, 2.75) is 68.7 Å². The lowest BCUT2D eigenvalue weighted by molar-refractivity contribution is -0.245. The number of rotatable bonds is 14. The average Bonchev–Trinajstić information content (AvgIpc) is 3.00. The largest absolute Gasteiger partial charge is 0.481 e. The van der Waals surface area contributed by atoms with E-state index in [1.807, 2.05) is 36.4 Å². The van der Waals surface area contributed by atoms with Gasteiger partial charge in [-0.25, -0.2) is 9.78 Å². The maximum absolute atomic E-state index is 12.3. The van der Waals surface area contributed by atoms with Gasteiger partial charge in [-0.3, -0.25) is 9.59 Å². The minimum absolute atomic E-state index is 0.0552. The Hall–Kier alpha value is -3.77. The number of hydrogen-bond acceptors (Lipinski definition) is 8. The highest BCUT2D eigenvalue weighted by atomic mass is 32.2. The minimum Gasteiger partial charge on any atom is -0.481 e. The van der Waals surface area contributed by atoms with Crippen LogP contribution in [0.3, 0.4) is 0 Å². The number of carbonyl (C=O) groups excluding carboxylic acids is 1. The van der Waals surface area contributed by atoms with Crippen LogP contribution >= 0.6 is 11.8 Å². The summed E-state index contributed by atoms with van der Waals surface area (Å²) in [6.07, 6.45) is 3.09. The maximum atomic E-state index is 12.3. The topological polar surface area (TPSA) is 155 Å². The molecular weight excluding hydrogens is 560 g/mol. The lowest BCUT2D eigenvalue weighted by atomic mass is 10.0. The molecule has 1 amide bonds. The molecule has 4 rings (SSSR count). The van der Waals surface area contributed by atoms with Crippen molar-refractivity contribution in [2.75, 3.05) is 11.1 Å². The number of nitrogens with zero attached hydrogens (tertiary/aromatic N) is 1. The van der Waals surface area contributed by atoms with Crippen LogP contribution in [-0.4, -0.2) is 50.0 Å². The molecule has 1 aliphatic heterocycles. The predicted molar refractivity (Wildman–Crippen MR) is 156 cm³/mol. The number of aromatic carboxylic acids is 1. The standard InChI is InChI=1S/C31H34N2O8S/c34-18-20-8-10-21(11-9-20)26-17-24(19-42-29-25(30(38)39)5-4-16-32-29)40-31(41-26)22-12-14-23(15-13-22)33-27(35)6-2-1-3-7-28(36)37/h4-5,8-16,24,26,31,34H,1-3,6-7,17-19H2,(H,33,35)(H,36,37)(H,38,39)/t24-,26+,31+/m0/s1.